The maximum absolute atomic E-state index is 10.9. The van der Waals surface area contributed by atoms with Crippen LogP contribution in [0.5, 0.6) is 11.5 Å². The minimum absolute atomic E-state index is 0.329. The third kappa shape index (κ3) is 9.48. The molecule has 32 heavy (non-hydrogen) atoms. The van der Waals surface area contributed by atoms with E-state index in [1.165, 1.54) is 56.9 Å². The number of hydrogen-bond acceptors (Lipinski definition) is 3. The van der Waals surface area contributed by atoms with Crippen LogP contribution in [-0.4, -0.2) is 19.3 Å². The Balaban J connectivity index is 1.87. The van der Waals surface area contributed by atoms with E-state index in [9.17, 15) is 5.11 Å². The average Bonchev–Trinajstić information content (AvgIpc) is 2.84. The predicted octanol–water partition coefficient (Wildman–Crippen LogP) is 8.00. The molecule has 0 aliphatic heterocycles. The molecule has 0 bridgehead atoms. The fourth-order valence-electron chi connectivity index (χ4n) is 4.11. The van der Waals surface area contributed by atoms with E-state index in [-0.39, 0.29) is 0 Å². The van der Waals surface area contributed by atoms with E-state index in [1.54, 1.807) is 14.2 Å². The first-order chi connectivity index (χ1) is 15.7. The molecule has 176 valence electrons. The normalized spacial score (nSPS) is 13.2. The molecule has 0 aliphatic rings. The first-order valence-corrected chi connectivity index (χ1v) is 12.3. The van der Waals surface area contributed by atoms with E-state index in [0.717, 1.165) is 29.9 Å². The fraction of sp³-hybridized carbons (Fsp3) is 0.517. The summed E-state index contributed by atoms with van der Waals surface area (Å²) in [6.07, 6.45) is 16.0. The van der Waals surface area contributed by atoms with Gasteiger partial charge >= 0.3 is 0 Å². The Morgan fingerprint density at radius 3 is 1.84 bits per heavy atom. The van der Waals surface area contributed by atoms with E-state index >= 15 is 0 Å². The summed E-state index contributed by atoms with van der Waals surface area (Å²) in [4.78, 5) is 0. The Labute approximate surface area is 195 Å². The Hall–Kier alpha value is -2.26. The van der Waals surface area contributed by atoms with Gasteiger partial charge in [0.2, 0.25) is 0 Å². The van der Waals surface area contributed by atoms with Gasteiger partial charge in [-0.1, -0.05) is 75.4 Å². The van der Waals surface area contributed by atoms with Crippen LogP contribution in [0, 0.1) is 0 Å². The molecule has 0 saturated carbocycles. The fourth-order valence-corrected chi connectivity index (χ4v) is 4.11. The van der Waals surface area contributed by atoms with Gasteiger partial charge in [0.25, 0.3) is 0 Å². The third-order valence-electron chi connectivity index (χ3n) is 6.14. The van der Waals surface area contributed by atoms with Crippen molar-refractivity contribution in [2.24, 2.45) is 0 Å². The molecule has 3 nitrogen and oxygen atoms in total. The van der Waals surface area contributed by atoms with Gasteiger partial charge in [-0.3, -0.25) is 0 Å². The van der Waals surface area contributed by atoms with Crippen molar-refractivity contribution in [2.75, 3.05) is 14.2 Å². The molecule has 0 spiro atoms. The maximum atomic E-state index is 10.9. The summed E-state index contributed by atoms with van der Waals surface area (Å²) in [5.74, 6) is 2.01. The molecule has 2 aromatic rings. The second kappa shape index (κ2) is 15.5. The zero-order valence-corrected chi connectivity index (χ0v) is 20.3. The van der Waals surface area contributed by atoms with Crippen LogP contribution in [-0.2, 0) is 0 Å². The number of ether oxygens (including phenoxy) is 2. The molecule has 2 unspecified atom stereocenters. The summed E-state index contributed by atoms with van der Waals surface area (Å²) < 4.78 is 10.6. The number of aliphatic hydroxyl groups is 1. The first-order valence-electron chi connectivity index (χ1n) is 12.3. The van der Waals surface area contributed by atoms with Crippen LogP contribution in [0.25, 0.3) is 0 Å². The van der Waals surface area contributed by atoms with Crippen molar-refractivity contribution in [1.29, 1.82) is 0 Å². The molecule has 0 amide bonds. The highest BCUT2D eigenvalue weighted by atomic mass is 16.5. The number of allylic oxidation sites excluding steroid dienone is 2. The van der Waals surface area contributed by atoms with Gasteiger partial charge in [0, 0.05) is 0 Å². The number of hydrogen-bond donors (Lipinski definition) is 1. The number of rotatable bonds is 16. The first kappa shape index (κ1) is 26.0. The Kier molecular flexibility index (Phi) is 12.6. The van der Waals surface area contributed by atoms with Crippen LogP contribution < -0.4 is 9.47 Å². The Morgan fingerprint density at radius 2 is 1.25 bits per heavy atom. The van der Waals surface area contributed by atoms with Gasteiger partial charge in [-0.15, -0.1) is 0 Å². The predicted molar refractivity (Wildman–Crippen MR) is 135 cm³/mol. The van der Waals surface area contributed by atoms with Gasteiger partial charge in [-0.05, 0) is 73.4 Å². The third-order valence-corrected chi connectivity index (χ3v) is 6.14. The van der Waals surface area contributed by atoms with Crippen molar-refractivity contribution in [1.82, 2.24) is 0 Å². The van der Waals surface area contributed by atoms with Gasteiger partial charge in [0.05, 0.1) is 20.3 Å². The standard InChI is InChI=1S/C29H42O3/c1-4-5-6-7-8-9-10-11-12-13-14-26(24-15-19-27(31-2)20-16-24)23-29(30)25-17-21-28(32-3)22-18-25/h6-7,15-22,26,29-30H,4-5,8-14,23H2,1-3H3. The van der Waals surface area contributed by atoms with E-state index in [0.29, 0.717) is 5.92 Å². The molecule has 2 rings (SSSR count). The molecule has 0 heterocycles. The lowest BCUT2D eigenvalue weighted by Gasteiger charge is -2.22. The highest BCUT2D eigenvalue weighted by Gasteiger charge is 2.18. The smallest absolute Gasteiger partial charge is 0.118 e. The molecule has 0 fully saturated rings. The van der Waals surface area contributed by atoms with Crippen molar-refractivity contribution in [3.05, 3.63) is 71.8 Å². The van der Waals surface area contributed by atoms with Crippen LogP contribution >= 0.6 is 0 Å². The lowest BCUT2D eigenvalue weighted by Crippen LogP contribution is -2.07. The van der Waals surface area contributed by atoms with E-state index in [1.807, 2.05) is 36.4 Å². The number of aliphatic hydroxyl groups excluding tert-OH is 1. The summed E-state index contributed by atoms with van der Waals surface area (Å²) in [5, 5.41) is 10.9. The molecule has 0 aliphatic carbocycles. The highest BCUT2D eigenvalue weighted by molar-refractivity contribution is 5.31. The van der Waals surface area contributed by atoms with Crippen molar-refractivity contribution in [3.63, 3.8) is 0 Å². The van der Waals surface area contributed by atoms with Gasteiger partial charge < -0.3 is 14.6 Å². The molecule has 1 N–H and O–H groups in total. The second-order valence-electron chi connectivity index (χ2n) is 8.60. The van der Waals surface area contributed by atoms with Crippen molar-refractivity contribution in [2.45, 2.75) is 83.2 Å². The Morgan fingerprint density at radius 1 is 0.719 bits per heavy atom. The molecule has 0 saturated heterocycles. The average molecular weight is 439 g/mol. The van der Waals surface area contributed by atoms with E-state index in [4.69, 9.17) is 9.47 Å². The van der Waals surface area contributed by atoms with Crippen LogP contribution in [0.1, 0.15) is 94.3 Å². The zero-order valence-electron chi connectivity index (χ0n) is 20.3. The topological polar surface area (TPSA) is 38.7 Å². The van der Waals surface area contributed by atoms with Gasteiger partial charge in [0.1, 0.15) is 11.5 Å². The molecule has 2 aromatic carbocycles. The molecule has 3 heteroatoms. The van der Waals surface area contributed by atoms with Crippen LogP contribution in [0.15, 0.2) is 60.7 Å². The summed E-state index contributed by atoms with van der Waals surface area (Å²) in [5.41, 5.74) is 2.22. The number of benzene rings is 2. The molecule has 0 aromatic heterocycles. The number of methoxy groups -OCH3 is 2. The quantitative estimate of drug-likeness (QED) is 0.213. The van der Waals surface area contributed by atoms with Crippen LogP contribution in [0.2, 0.25) is 0 Å². The summed E-state index contributed by atoms with van der Waals surface area (Å²) in [6.45, 7) is 2.22. The van der Waals surface area contributed by atoms with Crippen molar-refractivity contribution < 1.29 is 14.6 Å². The molecule has 0 radical (unpaired) electrons. The van der Waals surface area contributed by atoms with E-state index in [2.05, 4.69) is 31.2 Å². The van der Waals surface area contributed by atoms with Crippen molar-refractivity contribution in [3.8, 4) is 11.5 Å². The molecule has 2 atom stereocenters. The van der Waals surface area contributed by atoms with Crippen LogP contribution in [0.4, 0.5) is 0 Å². The zero-order chi connectivity index (χ0) is 23.0. The van der Waals surface area contributed by atoms with Gasteiger partial charge in [-0.2, -0.15) is 0 Å². The van der Waals surface area contributed by atoms with Crippen LogP contribution in [0.3, 0.4) is 0 Å². The Bertz CT molecular complexity index is 749. The largest absolute Gasteiger partial charge is 0.497 e. The SMILES string of the molecule is CCCC=CCCCCCCCC(CC(O)c1ccc(OC)cc1)c1ccc(OC)cc1. The summed E-state index contributed by atoms with van der Waals surface area (Å²) >= 11 is 0. The lowest BCUT2D eigenvalue weighted by atomic mass is 9.86. The molecular formula is C29H42O3. The minimum atomic E-state index is -0.483. The highest BCUT2D eigenvalue weighted by Crippen LogP contribution is 2.34. The van der Waals surface area contributed by atoms with Gasteiger partial charge in [-0.25, -0.2) is 0 Å². The van der Waals surface area contributed by atoms with Gasteiger partial charge in [0.15, 0.2) is 0 Å². The monoisotopic (exact) mass is 438 g/mol. The van der Waals surface area contributed by atoms with Crippen molar-refractivity contribution >= 4 is 0 Å². The number of unbranched alkanes of at least 4 members (excludes halogenated alkanes) is 6. The molecular weight excluding hydrogens is 396 g/mol. The minimum Gasteiger partial charge on any atom is -0.497 e. The van der Waals surface area contributed by atoms with E-state index < -0.39 is 6.10 Å². The summed E-state index contributed by atoms with van der Waals surface area (Å²) in [7, 11) is 3.35. The summed E-state index contributed by atoms with van der Waals surface area (Å²) in [6, 6.07) is 16.1. The second-order valence-corrected chi connectivity index (χ2v) is 8.60. The maximum Gasteiger partial charge on any atom is 0.118 e. The lowest BCUT2D eigenvalue weighted by molar-refractivity contribution is 0.155.